The minimum Gasteiger partial charge on any atom is -0.481 e. The van der Waals surface area contributed by atoms with E-state index < -0.39 is 6.10 Å². The van der Waals surface area contributed by atoms with Gasteiger partial charge < -0.3 is 10.1 Å². The van der Waals surface area contributed by atoms with Gasteiger partial charge in [-0.25, -0.2) is 0 Å². The highest BCUT2D eigenvalue weighted by molar-refractivity contribution is 7.98. The van der Waals surface area contributed by atoms with Crippen LogP contribution in [-0.2, 0) is 4.79 Å². The van der Waals surface area contributed by atoms with E-state index in [0.717, 1.165) is 12.2 Å². The van der Waals surface area contributed by atoms with Crippen LogP contribution < -0.4 is 10.1 Å². The molecule has 3 nitrogen and oxygen atoms in total. The van der Waals surface area contributed by atoms with Crippen molar-refractivity contribution in [1.29, 1.82) is 0 Å². The summed E-state index contributed by atoms with van der Waals surface area (Å²) in [6, 6.07) is 8.13. The Morgan fingerprint density at radius 2 is 2.06 bits per heavy atom. The van der Waals surface area contributed by atoms with Crippen LogP contribution in [0.2, 0.25) is 0 Å². The fraction of sp³-hybridized carbons (Fsp3) is 0.500. The number of rotatable bonds is 5. The molecule has 1 aromatic rings. The van der Waals surface area contributed by atoms with Crippen molar-refractivity contribution in [3.05, 3.63) is 24.3 Å². The number of nitrogens with one attached hydrogen (secondary N) is 1. The van der Waals surface area contributed by atoms with Crippen molar-refractivity contribution in [2.24, 2.45) is 5.92 Å². The number of hydrogen-bond donors (Lipinski definition) is 1. The summed E-state index contributed by atoms with van der Waals surface area (Å²) < 4.78 is 5.62. The number of benzene rings is 1. The Kier molecular flexibility index (Phi) is 4.17. The quantitative estimate of drug-likeness (QED) is 0.832. The molecule has 1 amide bonds. The van der Waals surface area contributed by atoms with E-state index in [1.807, 2.05) is 30.5 Å². The smallest absolute Gasteiger partial charge is 0.261 e. The molecule has 0 aromatic heterocycles. The molecular formula is C14H19NO2S. The summed E-state index contributed by atoms with van der Waals surface area (Å²) in [6.07, 6.45) is 2.67. The van der Waals surface area contributed by atoms with Gasteiger partial charge in [-0.05, 0) is 49.8 Å². The van der Waals surface area contributed by atoms with Crippen LogP contribution in [0.5, 0.6) is 5.75 Å². The van der Waals surface area contributed by atoms with Gasteiger partial charge in [0.15, 0.2) is 6.10 Å². The van der Waals surface area contributed by atoms with Crippen molar-refractivity contribution in [1.82, 2.24) is 5.32 Å². The molecule has 0 saturated heterocycles. The molecule has 18 heavy (non-hydrogen) atoms. The summed E-state index contributed by atoms with van der Waals surface area (Å²) in [7, 11) is 0. The van der Waals surface area contributed by atoms with Gasteiger partial charge in [0.05, 0.1) is 0 Å². The molecule has 4 heteroatoms. The monoisotopic (exact) mass is 265 g/mol. The lowest BCUT2D eigenvalue weighted by molar-refractivity contribution is -0.127. The molecule has 0 heterocycles. The first-order valence-electron chi connectivity index (χ1n) is 6.21. The molecule has 0 aliphatic heterocycles. The summed E-state index contributed by atoms with van der Waals surface area (Å²) in [5.74, 6) is 1.32. The van der Waals surface area contributed by atoms with Gasteiger partial charge in [-0.3, -0.25) is 4.79 Å². The number of ether oxygens (including phenoxy) is 1. The van der Waals surface area contributed by atoms with Crippen molar-refractivity contribution in [2.45, 2.75) is 37.3 Å². The van der Waals surface area contributed by atoms with Crippen molar-refractivity contribution in [3.63, 3.8) is 0 Å². The Hall–Kier alpha value is -1.16. The zero-order chi connectivity index (χ0) is 13.1. The van der Waals surface area contributed by atoms with E-state index in [4.69, 9.17) is 4.74 Å². The van der Waals surface area contributed by atoms with E-state index in [-0.39, 0.29) is 5.91 Å². The maximum atomic E-state index is 11.8. The molecule has 2 rings (SSSR count). The number of hydrogen-bond acceptors (Lipinski definition) is 3. The average molecular weight is 265 g/mol. The highest BCUT2D eigenvalue weighted by Crippen LogP contribution is 2.29. The molecule has 1 aliphatic rings. The summed E-state index contributed by atoms with van der Waals surface area (Å²) in [5.41, 5.74) is 0. The average Bonchev–Trinajstić information content (AvgIpc) is 3.05. The molecule has 1 saturated carbocycles. The predicted octanol–water partition coefficient (Wildman–Crippen LogP) is 2.70. The molecule has 1 aromatic carbocycles. The standard InChI is InChI=1S/C14H19NO2S/c1-9-8-13(9)15-14(16)10(2)17-11-4-6-12(18-3)7-5-11/h4-7,9-10,13H,8H2,1-3H3,(H,15,16)/t9-,10-,13+/m1/s1. The maximum Gasteiger partial charge on any atom is 0.261 e. The second-order valence-electron chi connectivity index (χ2n) is 4.76. The molecular weight excluding hydrogens is 246 g/mol. The highest BCUT2D eigenvalue weighted by Gasteiger charge is 2.35. The fourth-order valence-corrected chi connectivity index (χ4v) is 2.14. The minimum atomic E-state index is -0.446. The normalized spacial score (nSPS) is 23.3. The van der Waals surface area contributed by atoms with Gasteiger partial charge in [-0.15, -0.1) is 11.8 Å². The molecule has 0 unspecified atom stereocenters. The number of amides is 1. The van der Waals surface area contributed by atoms with Crippen molar-refractivity contribution in [2.75, 3.05) is 6.26 Å². The summed E-state index contributed by atoms with van der Waals surface area (Å²) in [5, 5.41) is 2.98. The predicted molar refractivity (Wildman–Crippen MR) is 74.0 cm³/mol. The first kappa shape index (κ1) is 13.3. The van der Waals surface area contributed by atoms with E-state index in [0.29, 0.717) is 12.0 Å². The molecule has 3 atom stereocenters. The summed E-state index contributed by atoms with van der Waals surface area (Å²) in [4.78, 5) is 13.0. The zero-order valence-electron chi connectivity index (χ0n) is 11.0. The lowest BCUT2D eigenvalue weighted by Crippen LogP contribution is -2.38. The second kappa shape index (κ2) is 5.65. The topological polar surface area (TPSA) is 38.3 Å². The first-order chi connectivity index (χ1) is 8.60. The van der Waals surface area contributed by atoms with Crippen LogP contribution in [0.15, 0.2) is 29.2 Å². The maximum absolute atomic E-state index is 11.8. The molecule has 0 spiro atoms. The van der Waals surface area contributed by atoms with Crippen LogP contribution in [0.1, 0.15) is 20.3 Å². The van der Waals surface area contributed by atoms with Gasteiger partial charge in [-0.1, -0.05) is 6.92 Å². The van der Waals surface area contributed by atoms with Gasteiger partial charge in [0.25, 0.3) is 5.91 Å². The number of carbonyl (C=O) groups excluding carboxylic acids is 1. The van der Waals surface area contributed by atoms with E-state index >= 15 is 0 Å². The first-order valence-corrected chi connectivity index (χ1v) is 7.43. The van der Waals surface area contributed by atoms with Crippen LogP contribution in [0.3, 0.4) is 0 Å². The SMILES string of the molecule is CSc1ccc(O[C@H](C)C(=O)N[C@H]2C[C@H]2C)cc1. The largest absolute Gasteiger partial charge is 0.481 e. The van der Waals surface area contributed by atoms with Crippen molar-refractivity contribution >= 4 is 17.7 Å². The Bertz CT molecular complexity index is 418. The molecule has 1 N–H and O–H groups in total. The van der Waals surface area contributed by atoms with Crippen LogP contribution in [-0.4, -0.2) is 24.3 Å². The van der Waals surface area contributed by atoms with E-state index in [9.17, 15) is 4.79 Å². The van der Waals surface area contributed by atoms with Crippen LogP contribution in [0.4, 0.5) is 0 Å². The fourth-order valence-electron chi connectivity index (χ4n) is 1.74. The van der Waals surface area contributed by atoms with Gasteiger partial charge in [0.2, 0.25) is 0 Å². The Morgan fingerprint density at radius 3 is 2.56 bits per heavy atom. The summed E-state index contributed by atoms with van der Waals surface area (Å²) >= 11 is 1.68. The van der Waals surface area contributed by atoms with Crippen LogP contribution in [0.25, 0.3) is 0 Å². The van der Waals surface area contributed by atoms with Crippen LogP contribution >= 0.6 is 11.8 Å². The van der Waals surface area contributed by atoms with Gasteiger partial charge in [0, 0.05) is 10.9 Å². The molecule has 98 valence electrons. The second-order valence-corrected chi connectivity index (χ2v) is 5.64. The van der Waals surface area contributed by atoms with Crippen LogP contribution in [0, 0.1) is 5.92 Å². The lowest BCUT2D eigenvalue weighted by atomic mass is 10.3. The third-order valence-corrected chi connectivity index (χ3v) is 3.92. The van der Waals surface area contributed by atoms with Crippen molar-refractivity contribution in [3.8, 4) is 5.75 Å². The zero-order valence-corrected chi connectivity index (χ0v) is 11.8. The number of carbonyl (C=O) groups is 1. The van der Waals surface area contributed by atoms with Gasteiger partial charge in [0.1, 0.15) is 5.75 Å². The lowest BCUT2D eigenvalue weighted by Gasteiger charge is -2.14. The molecule has 1 aliphatic carbocycles. The Labute approximate surface area is 112 Å². The highest BCUT2D eigenvalue weighted by atomic mass is 32.2. The number of thioether (sulfide) groups is 1. The Morgan fingerprint density at radius 1 is 1.44 bits per heavy atom. The van der Waals surface area contributed by atoms with Gasteiger partial charge in [-0.2, -0.15) is 0 Å². The molecule has 0 radical (unpaired) electrons. The van der Waals surface area contributed by atoms with E-state index in [1.54, 1.807) is 18.7 Å². The summed E-state index contributed by atoms with van der Waals surface area (Å²) in [6.45, 7) is 3.92. The molecule has 0 bridgehead atoms. The Balaban J connectivity index is 1.85. The van der Waals surface area contributed by atoms with Crippen molar-refractivity contribution < 1.29 is 9.53 Å². The van der Waals surface area contributed by atoms with E-state index in [1.165, 1.54) is 4.90 Å². The minimum absolute atomic E-state index is 0.0294. The molecule has 1 fully saturated rings. The van der Waals surface area contributed by atoms with Gasteiger partial charge >= 0.3 is 0 Å². The third-order valence-electron chi connectivity index (χ3n) is 3.18. The van der Waals surface area contributed by atoms with E-state index in [2.05, 4.69) is 12.2 Å². The third kappa shape index (κ3) is 3.42.